The van der Waals surface area contributed by atoms with Gasteiger partial charge in [0.15, 0.2) is 0 Å². The van der Waals surface area contributed by atoms with Crippen molar-refractivity contribution in [2.75, 3.05) is 13.1 Å². The van der Waals surface area contributed by atoms with E-state index in [9.17, 15) is 14.9 Å². The van der Waals surface area contributed by atoms with Gasteiger partial charge in [0.25, 0.3) is 0 Å². The smallest absolute Gasteiger partial charge is 0.358 e. The lowest BCUT2D eigenvalue weighted by Gasteiger charge is -2.33. The van der Waals surface area contributed by atoms with Gasteiger partial charge in [0.05, 0.1) is 0 Å². The number of carbonyl (C=O) groups is 1. The van der Waals surface area contributed by atoms with Crippen molar-refractivity contribution in [3.8, 4) is 0 Å². The van der Waals surface area contributed by atoms with Gasteiger partial charge in [-0.1, -0.05) is 37.3 Å². The highest BCUT2D eigenvalue weighted by Crippen LogP contribution is 2.25. The number of benzene rings is 1. The Bertz CT molecular complexity index is 720. The molecular weight excluding hydrogens is 308 g/mol. The lowest BCUT2D eigenvalue weighted by Crippen LogP contribution is -2.42. The molecule has 126 valence electrons. The molecule has 2 heterocycles. The zero-order valence-electron chi connectivity index (χ0n) is 13.5. The number of hydrogen-bond donors (Lipinski definition) is 0. The van der Waals surface area contributed by atoms with Gasteiger partial charge in [-0.2, -0.15) is 0 Å². The zero-order valence-corrected chi connectivity index (χ0v) is 13.5. The molecule has 7 nitrogen and oxygen atoms in total. The molecule has 1 aliphatic heterocycles. The fraction of sp³-hybridized carbons (Fsp3) is 0.412. The molecule has 1 fully saturated rings. The Morgan fingerprint density at radius 3 is 2.54 bits per heavy atom. The minimum absolute atomic E-state index is 0.0413. The highest BCUT2D eigenvalue weighted by molar-refractivity contribution is 5.83. The molecular formula is C17H20N4O3. The van der Waals surface area contributed by atoms with Gasteiger partial charge in [0, 0.05) is 13.1 Å². The van der Waals surface area contributed by atoms with Crippen molar-refractivity contribution in [2.45, 2.75) is 25.8 Å². The molecule has 0 saturated carbocycles. The first kappa shape index (κ1) is 16.2. The van der Waals surface area contributed by atoms with Crippen LogP contribution in [0.2, 0.25) is 0 Å². The van der Waals surface area contributed by atoms with E-state index in [1.165, 1.54) is 17.1 Å². The Kier molecular flexibility index (Phi) is 4.59. The van der Waals surface area contributed by atoms with E-state index in [4.69, 9.17) is 0 Å². The van der Waals surface area contributed by atoms with Crippen molar-refractivity contribution in [3.05, 3.63) is 58.5 Å². The van der Waals surface area contributed by atoms with Crippen molar-refractivity contribution in [1.82, 2.24) is 14.5 Å². The molecule has 2 aromatic rings. The number of imidazole rings is 1. The van der Waals surface area contributed by atoms with Crippen molar-refractivity contribution < 1.29 is 9.72 Å². The lowest BCUT2D eigenvalue weighted by atomic mass is 9.97. The van der Waals surface area contributed by atoms with E-state index in [0.29, 0.717) is 5.92 Å². The van der Waals surface area contributed by atoms with Crippen LogP contribution in [-0.4, -0.2) is 38.4 Å². The Morgan fingerprint density at radius 2 is 1.96 bits per heavy atom. The summed E-state index contributed by atoms with van der Waals surface area (Å²) in [4.78, 5) is 29.1. The van der Waals surface area contributed by atoms with Gasteiger partial charge in [-0.05, 0) is 34.2 Å². The van der Waals surface area contributed by atoms with Gasteiger partial charge in [0.2, 0.25) is 12.2 Å². The predicted octanol–water partition coefficient (Wildman–Crippen LogP) is 2.64. The Labute approximate surface area is 140 Å². The molecule has 3 rings (SSSR count). The quantitative estimate of drug-likeness (QED) is 0.638. The van der Waals surface area contributed by atoms with Crippen LogP contribution in [0.25, 0.3) is 0 Å². The Morgan fingerprint density at radius 1 is 1.29 bits per heavy atom. The van der Waals surface area contributed by atoms with Crippen LogP contribution in [0.1, 0.15) is 31.4 Å². The molecule has 0 radical (unpaired) electrons. The summed E-state index contributed by atoms with van der Waals surface area (Å²) in [6, 6.07) is 8.70. The Hall–Kier alpha value is -2.70. The van der Waals surface area contributed by atoms with E-state index < -0.39 is 11.0 Å². The normalized spacial score (nSPS) is 16.8. The van der Waals surface area contributed by atoms with Crippen LogP contribution in [0.4, 0.5) is 5.82 Å². The summed E-state index contributed by atoms with van der Waals surface area (Å²) in [5.74, 6) is 0.329. The third-order valence-electron chi connectivity index (χ3n) is 4.52. The number of amides is 1. The molecule has 0 N–H and O–H groups in total. The third kappa shape index (κ3) is 3.29. The predicted molar refractivity (Wildman–Crippen MR) is 88.4 cm³/mol. The first-order valence-electron chi connectivity index (χ1n) is 8.08. The number of aromatic nitrogens is 2. The van der Waals surface area contributed by atoms with Crippen LogP contribution in [0.3, 0.4) is 0 Å². The number of carbonyl (C=O) groups excluding carboxylic acids is 1. The standard InChI is InChI=1S/C17H20N4O3/c1-13-7-9-19(10-8-13)17(22)16(14-5-3-2-4-6-14)20-11-15(18-12-20)21(23)24/h2-6,11-13,16H,7-10H2,1H3/t16-/m0/s1. The summed E-state index contributed by atoms with van der Waals surface area (Å²) in [7, 11) is 0. The summed E-state index contributed by atoms with van der Waals surface area (Å²) in [6.45, 7) is 3.63. The maximum Gasteiger partial charge on any atom is 0.381 e. The summed E-state index contributed by atoms with van der Waals surface area (Å²) in [5, 5.41) is 10.9. The molecule has 1 aromatic carbocycles. The second-order valence-corrected chi connectivity index (χ2v) is 6.26. The van der Waals surface area contributed by atoms with Crippen LogP contribution in [-0.2, 0) is 4.79 Å². The monoisotopic (exact) mass is 328 g/mol. The summed E-state index contributed by atoms with van der Waals surface area (Å²) >= 11 is 0. The van der Waals surface area contributed by atoms with E-state index in [2.05, 4.69) is 11.9 Å². The van der Waals surface area contributed by atoms with Crippen molar-refractivity contribution in [1.29, 1.82) is 0 Å². The highest BCUT2D eigenvalue weighted by Gasteiger charge is 2.31. The number of likely N-dealkylation sites (tertiary alicyclic amines) is 1. The fourth-order valence-electron chi connectivity index (χ4n) is 3.04. The second-order valence-electron chi connectivity index (χ2n) is 6.26. The fourth-order valence-corrected chi connectivity index (χ4v) is 3.04. The average Bonchev–Trinajstić information content (AvgIpc) is 3.06. The zero-order chi connectivity index (χ0) is 17.1. The third-order valence-corrected chi connectivity index (χ3v) is 4.52. The van der Waals surface area contributed by atoms with Crippen LogP contribution >= 0.6 is 0 Å². The molecule has 24 heavy (non-hydrogen) atoms. The van der Waals surface area contributed by atoms with Gasteiger partial charge < -0.3 is 15.0 Å². The van der Waals surface area contributed by atoms with Crippen molar-refractivity contribution in [2.24, 2.45) is 5.92 Å². The topological polar surface area (TPSA) is 81.3 Å². The van der Waals surface area contributed by atoms with E-state index >= 15 is 0 Å². The molecule has 1 aliphatic rings. The van der Waals surface area contributed by atoms with Crippen LogP contribution < -0.4 is 0 Å². The van der Waals surface area contributed by atoms with Gasteiger partial charge in [-0.3, -0.25) is 9.36 Å². The summed E-state index contributed by atoms with van der Waals surface area (Å²) in [5.41, 5.74) is 0.799. The van der Waals surface area contributed by atoms with Crippen LogP contribution in [0.15, 0.2) is 42.9 Å². The van der Waals surface area contributed by atoms with Gasteiger partial charge in [-0.15, -0.1) is 0 Å². The van der Waals surface area contributed by atoms with Crippen LogP contribution in [0, 0.1) is 16.0 Å². The Balaban J connectivity index is 1.93. The van der Waals surface area contributed by atoms with Crippen molar-refractivity contribution in [3.63, 3.8) is 0 Å². The molecule has 0 bridgehead atoms. The molecule has 7 heteroatoms. The van der Waals surface area contributed by atoms with Gasteiger partial charge >= 0.3 is 5.82 Å². The van der Waals surface area contributed by atoms with E-state index in [1.54, 1.807) is 0 Å². The van der Waals surface area contributed by atoms with Crippen LogP contribution in [0.5, 0.6) is 0 Å². The minimum atomic E-state index is -0.624. The summed E-state index contributed by atoms with van der Waals surface area (Å²) in [6.07, 6.45) is 4.65. The van der Waals surface area contributed by atoms with E-state index in [1.807, 2.05) is 35.2 Å². The molecule has 1 saturated heterocycles. The van der Waals surface area contributed by atoms with E-state index in [0.717, 1.165) is 31.5 Å². The number of piperidine rings is 1. The largest absolute Gasteiger partial charge is 0.381 e. The first-order valence-corrected chi connectivity index (χ1v) is 8.08. The summed E-state index contributed by atoms with van der Waals surface area (Å²) < 4.78 is 1.54. The number of nitro groups is 1. The minimum Gasteiger partial charge on any atom is -0.358 e. The maximum atomic E-state index is 13.1. The van der Waals surface area contributed by atoms with Crippen molar-refractivity contribution >= 4 is 11.7 Å². The van der Waals surface area contributed by atoms with Gasteiger partial charge in [-0.25, -0.2) is 0 Å². The lowest BCUT2D eigenvalue weighted by molar-refractivity contribution is -0.389. The molecule has 0 spiro atoms. The first-order chi connectivity index (χ1) is 11.6. The molecule has 1 atom stereocenters. The van der Waals surface area contributed by atoms with Gasteiger partial charge in [0.1, 0.15) is 12.2 Å². The maximum absolute atomic E-state index is 13.1. The molecule has 0 unspecified atom stereocenters. The highest BCUT2D eigenvalue weighted by atomic mass is 16.6. The number of nitrogens with zero attached hydrogens (tertiary/aromatic N) is 4. The average molecular weight is 328 g/mol. The van der Waals surface area contributed by atoms with E-state index in [-0.39, 0.29) is 11.7 Å². The molecule has 1 amide bonds. The number of rotatable bonds is 4. The molecule has 1 aromatic heterocycles. The molecule has 0 aliphatic carbocycles. The SMILES string of the molecule is CC1CCN(C(=O)[C@H](c2ccccc2)n2cnc([N+](=O)[O-])c2)CC1. The number of hydrogen-bond acceptors (Lipinski definition) is 4. The second kappa shape index (κ2) is 6.82.